The Hall–Kier alpha value is -1.74. The lowest BCUT2D eigenvalue weighted by atomic mass is 10.1. The van der Waals surface area contributed by atoms with Crippen LogP contribution in [-0.4, -0.2) is 16.0 Å². The highest BCUT2D eigenvalue weighted by Gasteiger charge is 2.20. The third-order valence-corrected chi connectivity index (χ3v) is 3.25. The van der Waals surface area contributed by atoms with Crippen LogP contribution in [0.15, 0.2) is 36.5 Å². The van der Waals surface area contributed by atoms with E-state index in [4.69, 9.17) is 0 Å². The van der Waals surface area contributed by atoms with Gasteiger partial charge < -0.3 is 5.32 Å². The molecule has 0 unspecified atom stereocenters. The van der Waals surface area contributed by atoms with Gasteiger partial charge in [0.25, 0.3) is 0 Å². The number of hydrogen-bond donors (Lipinski definition) is 1. The summed E-state index contributed by atoms with van der Waals surface area (Å²) in [6, 6.07) is 11.0. The van der Waals surface area contributed by atoms with Crippen molar-refractivity contribution in [1.82, 2.24) is 15.3 Å². The van der Waals surface area contributed by atoms with Gasteiger partial charge in [-0.05, 0) is 31.4 Å². The van der Waals surface area contributed by atoms with Crippen LogP contribution in [0.4, 0.5) is 0 Å². The largest absolute Gasteiger partial charge is 0.307 e. The Morgan fingerprint density at radius 3 is 2.83 bits per heavy atom. The third kappa shape index (κ3) is 2.57. The topological polar surface area (TPSA) is 37.8 Å². The van der Waals surface area contributed by atoms with Crippen LogP contribution in [-0.2, 0) is 6.54 Å². The van der Waals surface area contributed by atoms with Gasteiger partial charge in [-0.25, -0.2) is 9.97 Å². The average molecular weight is 239 g/mol. The molecule has 0 atom stereocenters. The van der Waals surface area contributed by atoms with Crippen molar-refractivity contribution >= 4 is 0 Å². The van der Waals surface area contributed by atoms with Crippen LogP contribution in [0, 0.1) is 6.92 Å². The minimum atomic E-state index is 0.690. The van der Waals surface area contributed by atoms with E-state index in [1.807, 2.05) is 18.3 Å². The molecule has 3 rings (SSSR count). The molecule has 1 aliphatic carbocycles. The summed E-state index contributed by atoms with van der Waals surface area (Å²) in [6.07, 6.45) is 4.42. The van der Waals surface area contributed by atoms with Crippen LogP contribution in [0.25, 0.3) is 11.3 Å². The van der Waals surface area contributed by atoms with Crippen LogP contribution in [0.5, 0.6) is 0 Å². The molecule has 0 amide bonds. The van der Waals surface area contributed by atoms with E-state index < -0.39 is 0 Å². The Morgan fingerprint density at radius 1 is 1.22 bits per heavy atom. The molecule has 3 nitrogen and oxygen atoms in total. The minimum Gasteiger partial charge on any atom is -0.307 e. The summed E-state index contributed by atoms with van der Waals surface area (Å²) in [7, 11) is 0. The Balaban J connectivity index is 1.83. The van der Waals surface area contributed by atoms with E-state index in [9.17, 15) is 0 Å². The molecule has 1 aliphatic rings. The third-order valence-electron chi connectivity index (χ3n) is 3.25. The zero-order valence-corrected chi connectivity index (χ0v) is 10.6. The van der Waals surface area contributed by atoms with Gasteiger partial charge in [0.2, 0.25) is 0 Å². The second-order valence-corrected chi connectivity index (χ2v) is 4.83. The van der Waals surface area contributed by atoms with Crippen molar-refractivity contribution < 1.29 is 0 Å². The second-order valence-electron chi connectivity index (χ2n) is 4.83. The summed E-state index contributed by atoms with van der Waals surface area (Å²) in [5.74, 6) is 0.877. The quantitative estimate of drug-likeness (QED) is 0.891. The molecule has 0 radical (unpaired) electrons. The Morgan fingerprint density at radius 2 is 2.06 bits per heavy atom. The predicted molar refractivity (Wildman–Crippen MR) is 72.1 cm³/mol. The summed E-state index contributed by atoms with van der Waals surface area (Å²) in [5.41, 5.74) is 3.44. The monoisotopic (exact) mass is 239 g/mol. The van der Waals surface area contributed by atoms with Crippen molar-refractivity contribution in [1.29, 1.82) is 0 Å². The molecular formula is C15H17N3. The molecule has 0 bridgehead atoms. The fourth-order valence-electron chi connectivity index (χ4n) is 2.02. The van der Waals surface area contributed by atoms with Gasteiger partial charge in [0.05, 0.1) is 12.2 Å². The van der Waals surface area contributed by atoms with Crippen LogP contribution < -0.4 is 5.32 Å². The maximum absolute atomic E-state index is 4.63. The maximum Gasteiger partial charge on any atom is 0.142 e. The summed E-state index contributed by atoms with van der Waals surface area (Å²) >= 11 is 0. The van der Waals surface area contributed by atoms with Crippen molar-refractivity contribution in [2.45, 2.75) is 32.4 Å². The lowest BCUT2D eigenvalue weighted by Crippen LogP contribution is -2.17. The molecule has 1 aromatic heterocycles. The van der Waals surface area contributed by atoms with Crippen molar-refractivity contribution in [2.75, 3.05) is 0 Å². The number of aryl methyl sites for hydroxylation is 1. The molecule has 1 heterocycles. The first kappa shape index (κ1) is 11.4. The van der Waals surface area contributed by atoms with E-state index in [2.05, 4.69) is 40.4 Å². The van der Waals surface area contributed by atoms with Gasteiger partial charge in [-0.15, -0.1) is 0 Å². The standard InChI is InChI=1S/C15H17N3/c1-11-4-2-3-5-13(11)14-8-9-16-15(18-14)10-17-12-6-7-12/h2-5,8-9,12,17H,6-7,10H2,1H3. The maximum atomic E-state index is 4.63. The van der Waals surface area contributed by atoms with E-state index in [0.29, 0.717) is 6.04 Å². The number of nitrogens with zero attached hydrogens (tertiary/aromatic N) is 2. The SMILES string of the molecule is Cc1ccccc1-c1ccnc(CNC2CC2)n1. The van der Waals surface area contributed by atoms with Crippen LogP contribution in [0.3, 0.4) is 0 Å². The number of hydrogen-bond acceptors (Lipinski definition) is 3. The first-order valence-corrected chi connectivity index (χ1v) is 6.44. The molecule has 18 heavy (non-hydrogen) atoms. The van der Waals surface area contributed by atoms with E-state index in [0.717, 1.165) is 18.1 Å². The van der Waals surface area contributed by atoms with E-state index in [1.165, 1.54) is 24.0 Å². The van der Waals surface area contributed by atoms with E-state index in [1.54, 1.807) is 0 Å². The Bertz CT molecular complexity index is 547. The summed E-state index contributed by atoms with van der Waals surface area (Å²) in [4.78, 5) is 8.95. The first-order chi connectivity index (χ1) is 8.83. The van der Waals surface area contributed by atoms with Gasteiger partial charge in [0, 0.05) is 17.8 Å². The highest BCUT2D eigenvalue weighted by molar-refractivity contribution is 5.62. The Kier molecular flexibility index (Phi) is 3.07. The van der Waals surface area contributed by atoms with Gasteiger partial charge in [-0.1, -0.05) is 24.3 Å². The van der Waals surface area contributed by atoms with Gasteiger partial charge in [0.15, 0.2) is 0 Å². The normalized spacial score (nSPS) is 14.7. The number of aromatic nitrogens is 2. The summed E-state index contributed by atoms with van der Waals surface area (Å²) < 4.78 is 0. The van der Waals surface area contributed by atoms with Gasteiger partial charge >= 0.3 is 0 Å². The van der Waals surface area contributed by atoms with Gasteiger partial charge in [-0.3, -0.25) is 0 Å². The molecule has 1 saturated carbocycles. The van der Waals surface area contributed by atoms with Crippen LogP contribution in [0.2, 0.25) is 0 Å². The first-order valence-electron chi connectivity index (χ1n) is 6.44. The molecule has 2 aromatic rings. The minimum absolute atomic E-state index is 0.690. The highest BCUT2D eigenvalue weighted by Crippen LogP contribution is 2.21. The highest BCUT2D eigenvalue weighted by atomic mass is 15.0. The Labute approximate surface area is 107 Å². The van der Waals surface area contributed by atoms with Crippen LogP contribution in [0.1, 0.15) is 24.2 Å². The number of benzene rings is 1. The van der Waals surface area contributed by atoms with E-state index in [-0.39, 0.29) is 0 Å². The fourth-order valence-corrected chi connectivity index (χ4v) is 2.02. The predicted octanol–water partition coefficient (Wildman–Crippen LogP) is 2.70. The lowest BCUT2D eigenvalue weighted by molar-refractivity contribution is 0.658. The van der Waals surface area contributed by atoms with Gasteiger partial charge in [0.1, 0.15) is 5.82 Å². The molecule has 1 aromatic carbocycles. The van der Waals surface area contributed by atoms with Gasteiger partial charge in [-0.2, -0.15) is 0 Å². The lowest BCUT2D eigenvalue weighted by Gasteiger charge is -2.07. The van der Waals surface area contributed by atoms with Crippen molar-refractivity contribution in [3.8, 4) is 11.3 Å². The van der Waals surface area contributed by atoms with Crippen molar-refractivity contribution in [3.05, 3.63) is 47.9 Å². The smallest absolute Gasteiger partial charge is 0.142 e. The molecule has 3 heteroatoms. The molecule has 0 spiro atoms. The zero-order valence-electron chi connectivity index (χ0n) is 10.6. The molecule has 0 aliphatic heterocycles. The number of nitrogens with one attached hydrogen (secondary N) is 1. The summed E-state index contributed by atoms with van der Waals surface area (Å²) in [5, 5.41) is 3.44. The second kappa shape index (κ2) is 4.86. The molecular weight excluding hydrogens is 222 g/mol. The van der Waals surface area contributed by atoms with E-state index >= 15 is 0 Å². The molecule has 1 N–H and O–H groups in total. The molecule has 1 fully saturated rings. The average Bonchev–Trinajstić information content (AvgIpc) is 3.21. The fraction of sp³-hybridized carbons (Fsp3) is 0.333. The van der Waals surface area contributed by atoms with Crippen LogP contribution >= 0.6 is 0 Å². The van der Waals surface area contributed by atoms with Crippen molar-refractivity contribution in [3.63, 3.8) is 0 Å². The molecule has 92 valence electrons. The molecule has 0 saturated heterocycles. The summed E-state index contributed by atoms with van der Waals surface area (Å²) in [6.45, 7) is 2.88. The van der Waals surface area contributed by atoms with Crippen molar-refractivity contribution in [2.24, 2.45) is 0 Å². The zero-order chi connectivity index (χ0) is 12.4. The number of rotatable bonds is 4.